The van der Waals surface area contributed by atoms with Crippen LogP contribution in [0.3, 0.4) is 0 Å². The Balaban J connectivity index is 2.35. The van der Waals surface area contributed by atoms with E-state index in [0.717, 1.165) is 17.5 Å². The fraction of sp³-hybridized carbons (Fsp3) is 0.579. The summed E-state index contributed by atoms with van der Waals surface area (Å²) in [4.78, 5) is 26.0. The molecule has 7 heteroatoms. The number of fused-ring (bicyclic) bond motifs is 1. The summed E-state index contributed by atoms with van der Waals surface area (Å²) in [7, 11) is 4.52. The maximum absolute atomic E-state index is 12.1. The van der Waals surface area contributed by atoms with Crippen LogP contribution < -0.4 is 9.47 Å². The van der Waals surface area contributed by atoms with Crippen molar-refractivity contribution in [1.29, 1.82) is 0 Å². The van der Waals surface area contributed by atoms with E-state index in [1.54, 1.807) is 14.2 Å². The van der Waals surface area contributed by atoms with Crippen LogP contribution >= 0.6 is 0 Å². The molecule has 0 radical (unpaired) electrons. The Morgan fingerprint density at radius 1 is 1.12 bits per heavy atom. The van der Waals surface area contributed by atoms with Gasteiger partial charge in [-0.25, -0.2) is 0 Å². The minimum atomic E-state index is -0.333. The van der Waals surface area contributed by atoms with Gasteiger partial charge in [-0.05, 0) is 43.5 Å². The van der Waals surface area contributed by atoms with Crippen LogP contribution in [0.1, 0.15) is 37.4 Å². The molecule has 144 valence electrons. The van der Waals surface area contributed by atoms with Gasteiger partial charge in [0.1, 0.15) is 0 Å². The van der Waals surface area contributed by atoms with Crippen molar-refractivity contribution in [2.75, 3.05) is 34.4 Å². The Labute approximate surface area is 154 Å². The molecule has 1 aromatic carbocycles. The lowest BCUT2D eigenvalue weighted by molar-refractivity contribution is -0.151. The molecule has 0 spiro atoms. The summed E-state index contributed by atoms with van der Waals surface area (Å²) in [6, 6.07) is 3.52. The van der Waals surface area contributed by atoms with Crippen molar-refractivity contribution in [2.45, 2.75) is 38.8 Å². The van der Waals surface area contributed by atoms with Gasteiger partial charge in [0.25, 0.3) is 0 Å². The lowest BCUT2D eigenvalue weighted by Crippen LogP contribution is -2.41. The van der Waals surface area contributed by atoms with Crippen molar-refractivity contribution < 1.29 is 28.5 Å². The van der Waals surface area contributed by atoms with E-state index < -0.39 is 0 Å². The molecule has 1 atom stereocenters. The van der Waals surface area contributed by atoms with Gasteiger partial charge in [0.2, 0.25) is 0 Å². The molecule has 7 nitrogen and oxygen atoms in total. The van der Waals surface area contributed by atoms with Crippen LogP contribution in [0.15, 0.2) is 12.1 Å². The first-order chi connectivity index (χ1) is 12.4. The van der Waals surface area contributed by atoms with Gasteiger partial charge >= 0.3 is 11.9 Å². The molecule has 0 aliphatic carbocycles. The lowest BCUT2D eigenvalue weighted by atomic mass is 9.90. The van der Waals surface area contributed by atoms with E-state index in [0.29, 0.717) is 18.0 Å². The maximum Gasteiger partial charge on any atom is 0.320 e. The second kappa shape index (κ2) is 8.89. The Kier molecular flexibility index (Phi) is 6.85. The molecule has 1 unspecified atom stereocenters. The number of methoxy groups -OCH3 is 3. The lowest BCUT2D eigenvalue weighted by Gasteiger charge is -2.36. The number of nitrogens with zero attached hydrogens (tertiary/aromatic N) is 1. The van der Waals surface area contributed by atoms with Gasteiger partial charge in [-0.3, -0.25) is 14.5 Å². The predicted octanol–water partition coefficient (Wildman–Crippen LogP) is 2.12. The third kappa shape index (κ3) is 4.66. The van der Waals surface area contributed by atoms with Crippen molar-refractivity contribution in [3.63, 3.8) is 0 Å². The molecule has 1 heterocycles. The first kappa shape index (κ1) is 20.0. The fourth-order valence-electron chi connectivity index (χ4n) is 3.22. The molecule has 1 aliphatic heterocycles. The average Bonchev–Trinajstić information content (AvgIpc) is 2.61. The summed E-state index contributed by atoms with van der Waals surface area (Å²) in [6.07, 6.45) is 0.707. The molecular weight excluding hydrogens is 338 g/mol. The van der Waals surface area contributed by atoms with Gasteiger partial charge in [0.05, 0.1) is 40.4 Å². The molecule has 0 N–H and O–H groups in total. The summed E-state index contributed by atoms with van der Waals surface area (Å²) < 4.78 is 20.9. The average molecular weight is 365 g/mol. The van der Waals surface area contributed by atoms with Crippen molar-refractivity contribution >= 4 is 11.9 Å². The number of hydrogen-bond acceptors (Lipinski definition) is 7. The molecular formula is C19H27NO6. The molecule has 1 aromatic rings. The summed E-state index contributed by atoms with van der Waals surface area (Å²) in [5.74, 6) is 0.599. The van der Waals surface area contributed by atoms with Crippen molar-refractivity contribution in [3.05, 3.63) is 23.3 Å². The summed E-state index contributed by atoms with van der Waals surface area (Å²) >= 11 is 0. The van der Waals surface area contributed by atoms with Crippen LogP contribution in [0, 0.1) is 0 Å². The number of hydrogen-bond donors (Lipinski definition) is 0. The maximum atomic E-state index is 12.1. The van der Waals surface area contributed by atoms with Crippen molar-refractivity contribution in [1.82, 2.24) is 4.90 Å². The van der Waals surface area contributed by atoms with Gasteiger partial charge in [0.15, 0.2) is 11.5 Å². The van der Waals surface area contributed by atoms with E-state index in [2.05, 4.69) is 0 Å². The minimum Gasteiger partial charge on any atom is -0.493 e. The zero-order valence-corrected chi connectivity index (χ0v) is 16.0. The van der Waals surface area contributed by atoms with E-state index in [9.17, 15) is 9.59 Å². The molecule has 0 bridgehead atoms. The van der Waals surface area contributed by atoms with Crippen molar-refractivity contribution in [3.8, 4) is 11.5 Å². The fourth-order valence-corrected chi connectivity index (χ4v) is 3.22. The SMILES string of the molecule is COC(=O)CC1c2cc(OC)c(OC)cc2CCN1CC(=O)OC(C)C. The van der Waals surface area contributed by atoms with Crippen LogP contribution in [0.25, 0.3) is 0 Å². The zero-order chi connectivity index (χ0) is 19.3. The summed E-state index contributed by atoms with van der Waals surface area (Å²) in [5.41, 5.74) is 2.02. The minimum absolute atomic E-state index is 0.119. The highest BCUT2D eigenvalue weighted by atomic mass is 16.5. The highest BCUT2D eigenvalue weighted by molar-refractivity contribution is 5.73. The monoisotopic (exact) mass is 365 g/mol. The van der Waals surface area contributed by atoms with E-state index >= 15 is 0 Å². The highest BCUT2D eigenvalue weighted by Crippen LogP contribution is 2.39. The second-order valence-corrected chi connectivity index (χ2v) is 6.46. The molecule has 2 rings (SSSR count). The molecule has 26 heavy (non-hydrogen) atoms. The molecule has 0 aromatic heterocycles. The van der Waals surface area contributed by atoms with E-state index in [4.69, 9.17) is 18.9 Å². The first-order valence-electron chi connectivity index (χ1n) is 8.64. The molecule has 0 saturated heterocycles. The first-order valence-corrected chi connectivity index (χ1v) is 8.64. The third-order valence-corrected chi connectivity index (χ3v) is 4.40. The summed E-state index contributed by atoms with van der Waals surface area (Å²) in [5, 5.41) is 0. The van der Waals surface area contributed by atoms with Gasteiger partial charge in [-0.1, -0.05) is 0 Å². The Morgan fingerprint density at radius 3 is 2.35 bits per heavy atom. The summed E-state index contributed by atoms with van der Waals surface area (Å²) in [6.45, 7) is 4.38. The van der Waals surface area contributed by atoms with Gasteiger partial charge in [-0.2, -0.15) is 0 Å². The largest absolute Gasteiger partial charge is 0.493 e. The predicted molar refractivity (Wildman–Crippen MR) is 95.4 cm³/mol. The second-order valence-electron chi connectivity index (χ2n) is 6.46. The number of ether oxygens (including phenoxy) is 4. The van der Waals surface area contributed by atoms with Gasteiger partial charge < -0.3 is 18.9 Å². The van der Waals surface area contributed by atoms with Gasteiger partial charge in [0, 0.05) is 12.6 Å². The number of benzene rings is 1. The highest BCUT2D eigenvalue weighted by Gasteiger charge is 2.32. The quantitative estimate of drug-likeness (QED) is 0.685. The molecule has 0 saturated carbocycles. The normalized spacial score (nSPS) is 16.8. The van der Waals surface area contributed by atoms with Gasteiger partial charge in [-0.15, -0.1) is 0 Å². The number of carbonyl (C=O) groups excluding carboxylic acids is 2. The molecule has 1 aliphatic rings. The van der Waals surface area contributed by atoms with Crippen LogP contribution in [0.2, 0.25) is 0 Å². The number of esters is 2. The zero-order valence-electron chi connectivity index (χ0n) is 16.0. The smallest absolute Gasteiger partial charge is 0.320 e. The molecule has 0 fully saturated rings. The number of rotatable bonds is 7. The van der Waals surface area contributed by atoms with Crippen LogP contribution in [-0.2, 0) is 25.5 Å². The standard InChI is InChI=1S/C19H27NO6/c1-12(2)26-19(22)11-20-7-6-13-8-16(23-3)17(24-4)9-14(13)15(20)10-18(21)25-5/h8-9,12,15H,6-7,10-11H2,1-5H3. The third-order valence-electron chi connectivity index (χ3n) is 4.40. The van der Waals surface area contributed by atoms with Crippen LogP contribution in [0.5, 0.6) is 11.5 Å². The Bertz CT molecular complexity index is 658. The van der Waals surface area contributed by atoms with E-state index in [-0.39, 0.29) is 37.0 Å². The van der Waals surface area contributed by atoms with Crippen molar-refractivity contribution in [2.24, 2.45) is 0 Å². The Morgan fingerprint density at radius 2 is 1.77 bits per heavy atom. The topological polar surface area (TPSA) is 74.3 Å². The van der Waals surface area contributed by atoms with E-state index in [1.165, 1.54) is 7.11 Å². The molecule has 0 amide bonds. The number of carbonyl (C=O) groups is 2. The Hall–Kier alpha value is -2.28. The van der Waals surface area contributed by atoms with Crippen LogP contribution in [-0.4, -0.2) is 57.4 Å². The van der Waals surface area contributed by atoms with Crippen LogP contribution in [0.4, 0.5) is 0 Å². The van der Waals surface area contributed by atoms with E-state index in [1.807, 2.05) is 30.9 Å².